The van der Waals surface area contributed by atoms with Gasteiger partial charge in [0.25, 0.3) is 0 Å². The third-order valence-electron chi connectivity index (χ3n) is 5.94. The number of allylic oxidation sites excluding steroid dienone is 2. The van der Waals surface area contributed by atoms with Crippen molar-refractivity contribution in [3.63, 3.8) is 0 Å². The van der Waals surface area contributed by atoms with Crippen LogP contribution in [0.4, 0.5) is 0 Å². The molecule has 0 aliphatic heterocycles. The number of carbonyl (C=O) groups excluding carboxylic acids is 1. The topological polar surface area (TPSA) is 57.0 Å². The number of pyridine rings is 1. The van der Waals surface area contributed by atoms with E-state index in [1.54, 1.807) is 0 Å². The molecule has 2 heterocycles. The number of imidazole rings is 1. The summed E-state index contributed by atoms with van der Waals surface area (Å²) in [6.45, 7) is 6.94. The van der Waals surface area contributed by atoms with Crippen LogP contribution in [-0.2, 0) is 27.9 Å². The molecule has 4 rings (SSSR count). The fraction of sp³-hybridized carbons (Fsp3) is 0.375. The van der Waals surface area contributed by atoms with Gasteiger partial charge in [0.05, 0.1) is 19.1 Å². The van der Waals surface area contributed by atoms with Gasteiger partial charge in [-0.25, -0.2) is 9.97 Å². The highest BCUT2D eigenvalue weighted by molar-refractivity contribution is 5.84. The summed E-state index contributed by atoms with van der Waals surface area (Å²) in [5, 5.41) is 0. The number of hydrogen-bond donors (Lipinski definition) is 0. The van der Waals surface area contributed by atoms with E-state index in [2.05, 4.69) is 60.9 Å². The van der Waals surface area contributed by atoms with Crippen molar-refractivity contribution in [2.75, 3.05) is 7.11 Å². The predicted octanol–water partition coefficient (Wildman–Crippen LogP) is 4.42. The lowest BCUT2D eigenvalue weighted by Gasteiger charge is -2.26. The van der Waals surface area contributed by atoms with Gasteiger partial charge in [-0.05, 0) is 49.4 Å². The molecule has 29 heavy (non-hydrogen) atoms. The fourth-order valence-corrected chi connectivity index (χ4v) is 4.36. The van der Waals surface area contributed by atoms with Crippen LogP contribution in [0.2, 0.25) is 0 Å². The molecule has 0 atom stereocenters. The molecule has 0 fully saturated rings. The summed E-state index contributed by atoms with van der Waals surface area (Å²) in [5.74, 6) is 0.871. The smallest absolute Gasteiger partial charge is 0.316 e. The van der Waals surface area contributed by atoms with Crippen molar-refractivity contribution in [3.05, 3.63) is 70.7 Å². The van der Waals surface area contributed by atoms with Crippen LogP contribution in [0.15, 0.2) is 42.5 Å². The molecule has 1 aliphatic rings. The highest BCUT2D eigenvalue weighted by Gasteiger charge is 2.41. The molecule has 150 valence electrons. The van der Waals surface area contributed by atoms with Gasteiger partial charge in [0, 0.05) is 12.1 Å². The van der Waals surface area contributed by atoms with Crippen LogP contribution < -0.4 is 0 Å². The van der Waals surface area contributed by atoms with E-state index in [9.17, 15) is 4.79 Å². The number of carbonyl (C=O) groups is 1. The van der Waals surface area contributed by atoms with E-state index in [-0.39, 0.29) is 5.97 Å². The molecule has 0 N–H and O–H groups in total. The van der Waals surface area contributed by atoms with Crippen molar-refractivity contribution < 1.29 is 9.53 Å². The zero-order valence-corrected chi connectivity index (χ0v) is 17.5. The van der Waals surface area contributed by atoms with Gasteiger partial charge < -0.3 is 9.30 Å². The fourth-order valence-electron chi connectivity index (χ4n) is 4.36. The highest BCUT2D eigenvalue weighted by atomic mass is 16.5. The molecule has 0 saturated heterocycles. The summed E-state index contributed by atoms with van der Waals surface area (Å²) in [5.41, 5.74) is 5.66. The van der Waals surface area contributed by atoms with Gasteiger partial charge in [-0.3, -0.25) is 4.79 Å². The van der Waals surface area contributed by atoms with E-state index in [0.29, 0.717) is 19.4 Å². The number of rotatable bonds is 5. The summed E-state index contributed by atoms with van der Waals surface area (Å²) in [6.07, 6.45) is 6.35. The second kappa shape index (κ2) is 7.47. The number of aromatic nitrogens is 3. The number of fused-ring (bicyclic) bond motifs is 1. The van der Waals surface area contributed by atoms with Gasteiger partial charge in [-0.15, -0.1) is 0 Å². The van der Waals surface area contributed by atoms with Gasteiger partial charge in [0.1, 0.15) is 11.3 Å². The van der Waals surface area contributed by atoms with Crippen molar-refractivity contribution in [1.29, 1.82) is 0 Å². The Kier molecular flexibility index (Phi) is 4.99. The average Bonchev–Trinajstić information content (AvgIpc) is 3.34. The molecule has 0 radical (unpaired) electrons. The Labute approximate surface area is 171 Å². The molecule has 2 aromatic heterocycles. The molecule has 0 saturated carbocycles. The SMILES string of the molecule is CCc1nc2c(C)cc(C)nc2n1Cc1ccc(C2(C(=O)OC)CC=CC2)cc1. The standard InChI is InChI=1S/C24H27N3O2/c1-5-20-26-21-16(2)14-17(3)25-22(21)27(20)15-18-8-10-19(11-9-18)24(23(28)29-4)12-6-7-13-24/h6-11,14H,5,12-13,15H2,1-4H3. The number of methoxy groups -OCH3 is 1. The molecule has 1 aromatic carbocycles. The molecular weight excluding hydrogens is 362 g/mol. The Hall–Kier alpha value is -2.95. The van der Waals surface area contributed by atoms with Crippen LogP contribution in [0, 0.1) is 13.8 Å². The monoisotopic (exact) mass is 389 g/mol. The highest BCUT2D eigenvalue weighted by Crippen LogP contribution is 2.38. The van der Waals surface area contributed by atoms with E-state index in [1.807, 2.05) is 6.92 Å². The number of aryl methyl sites for hydroxylation is 3. The molecule has 0 unspecified atom stereocenters. The summed E-state index contributed by atoms with van der Waals surface area (Å²) >= 11 is 0. The maximum Gasteiger partial charge on any atom is 0.316 e. The number of hydrogen-bond acceptors (Lipinski definition) is 4. The van der Waals surface area contributed by atoms with Crippen molar-refractivity contribution in [2.45, 2.75) is 52.0 Å². The normalized spacial score (nSPS) is 15.2. The van der Waals surface area contributed by atoms with Crippen molar-refractivity contribution in [1.82, 2.24) is 14.5 Å². The second-order valence-corrected chi connectivity index (χ2v) is 7.87. The first kappa shape index (κ1) is 19.4. The van der Waals surface area contributed by atoms with Gasteiger partial charge in [-0.1, -0.05) is 43.3 Å². The molecule has 5 nitrogen and oxygen atoms in total. The maximum absolute atomic E-state index is 12.5. The van der Waals surface area contributed by atoms with Crippen molar-refractivity contribution >= 4 is 17.1 Å². The quantitative estimate of drug-likeness (QED) is 0.479. The lowest BCUT2D eigenvalue weighted by Crippen LogP contribution is -2.34. The lowest BCUT2D eigenvalue weighted by molar-refractivity contribution is -0.147. The van der Waals surface area contributed by atoms with Gasteiger partial charge in [-0.2, -0.15) is 0 Å². The Morgan fingerprint density at radius 2 is 1.83 bits per heavy atom. The minimum Gasteiger partial charge on any atom is -0.468 e. The number of ether oxygens (including phenoxy) is 1. The zero-order valence-electron chi connectivity index (χ0n) is 17.5. The van der Waals surface area contributed by atoms with Crippen LogP contribution >= 0.6 is 0 Å². The van der Waals surface area contributed by atoms with Crippen LogP contribution in [-0.4, -0.2) is 27.6 Å². The number of nitrogens with zero attached hydrogens (tertiary/aromatic N) is 3. The van der Waals surface area contributed by atoms with E-state index >= 15 is 0 Å². The van der Waals surface area contributed by atoms with E-state index in [0.717, 1.165) is 45.8 Å². The molecular formula is C24H27N3O2. The predicted molar refractivity (Wildman–Crippen MR) is 114 cm³/mol. The first-order valence-electron chi connectivity index (χ1n) is 10.1. The largest absolute Gasteiger partial charge is 0.468 e. The van der Waals surface area contributed by atoms with Crippen molar-refractivity contribution in [2.24, 2.45) is 0 Å². The van der Waals surface area contributed by atoms with Crippen LogP contribution in [0.1, 0.15) is 48.0 Å². The molecule has 0 bridgehead atoms. The summed E-state index contributed by atoms with van der Waals surface area (Å²) in [6, 6.07) is 10.4. The van der Waals surface area contributed by atoms with Crippen molar-refractivity contribution in [3.8, 4) is 0 Å². The van der Waals surface area contributed by atoms with E-state index in [4.69, 9.17) is 14.7 Å². The average molecular weight is 389 g/mol. The Balaban J connectivity index is 1.69. The minimum absolute atomic E-state index is 0.167. The minimum atomic E-state index is -0.584. The maximum atomic E-state index is 12.5. The first-order valence-corrected chi connectivity index (χ1v) is 10.1. The van der Waals surface area contributed by atoms with Gasteiger partial charge in [0.2, 0.25) is 0 Å². The Morgan fingerprint density at radius 3 is 2.45 bits per heavy atom. The van der Waals surface area contributed by atoms with Crippen LogP contribution in [0.25, 0.3) is 11.2 Å². The molecule has 1 aliphatic carbocycles. The number of esters is 1. The molecule has 0 spiro atoms. The van der Waals surface area contributed by atoms with E-state index in [1.165, 1.54) is 7.11 Å². The van der Waals surface area contributed by atoms with Crippen LogP contribution in [0.3, 0.4) is 0 Å². The first-order chi connectivity index (χ1) is 14.0. The zero-order chi connectivity index (χ0) is 20.6. The third-order valence-corrected chi connectivity index (χ3v) is 5.94. The summed E-state index contributed by atoms with van der Waals surface area (Å²) in [4.78, 5) is 22.1. The van der Waals surface area contributed by atoms with Gasteiger partial charge in [0.15, 0.2) is 5.65 Å². The third kappa shape index (κ3) is 3.24. The number of benzene rings is 1. The van der Waals surface area contributed by atoms with E-state index < -0.39 is 5.41 Å². The van der Waals surface area contributed by atoms with Crippen LogP contribution in [0.5, 0.6) is 0 Å². The van der Waals surface area contributed by atoms with Gasteiger partial charge >= 0.3 is 5.97 Å². The molecule has 3 aromatic rings. The lowest BCUT2D eigenvalue weighted by atomic mass is 9.78. The molecule has 5 heteroatoms. The summed E-state index contributed by atoms with van der Waals surface area (Å²) in [7, 11) is 1.46. The Morgan fingerprint density at radius 1 is 1.14 bits per heavy atom. The molecule has 0 amide bonds. The summed E-state index contributed by atoms with van der Waals surface area (Å²) < 4.78 is 7.31. The Bertz CT molecular complexity index is 1090. The second-order valence-electron chi connectivity index (χ2n) is 7.87.